The van der Waals surface area contributed by atoms with Crippen LogP contribution in [0.5, 0.6) is 0 Å². The van der Waals surface area contributed by atoms with Gasteiger partial charge >= 0.3 is 6.09 Å². The first-order chi connectivity index (χ1) is 15.6. The van der Waals surface area contributed by atoms with Crippen molar-refractivity contribution in [2.45, 2.75) is 53.2 Å². The number of likely N-dealkylation sites (tertiary alicyclic amines) is 1. The smallest absolute Gasteiger partial charge is 0.410 e. The molecule has 3 aromatic rings. The van der Waals surface area contributed by atoms with E-state index in [1.807, 2.05) is 32.9 Å². The van der Waals surface area contributed by atoms with Gasteiger partial charge in [0.1, 0.15) is 11.4 Å². The number of nitrogens with zero attached hydrogens (tertiary/aromatic N) is 3. The van der Waals surface area contributed by atoms with E-state index in [0.717, 1.165) is 28.3 Å². The van der Waals surface area contributed by atoms with Crippen molar-refractivity contribution in [1.29, 1.82) is 0 Å². The minimum absolute atomic E-state index is 0.237. The molecule has 0 aliphatic carbocycles. The molecule has 2 heterocycles. The minimum atomic E-state index is -0.478. The highest BCUT2D eigenvalue weighted by Gasteiger charge is 2.28. The predicted octanol–water partition coefficient (Wildman–Crippen LogP) is 6.63. The lowest BCUT2D eigenvalue weighted by Crippen LogP contribution is -2.35. The lowest BCUT2D eigenvalue weighted by molar-refractivity contribution is 0.0291. The van der Waals surface area contributed by atoms with Gasteiger partial charge in [-0.05, 0) is 94.0 Å². The van der Waals surface area contributed by atoms with Crippen molar-refractivity contribution in [3.05, 3.63) is 70.0 Å². The minimum Gasteiger partial charge on any atom is -0.444 e. The molecule has 174 valence electrons. The summed E-state index contributed by atoms with van der Waals surface area (Å²) in [5, 5.41) is 0.733. The number of carbonyl (C=O) groups excluding carboxylic acids is 1. The van der Waals surface area contributed by atoms with Crippen LogP contribution in [0.2, 0.25) is 5.02 Å². The van der Waals surface area contributed by atoms with Gasteiger partial charge < -0.3 is 14.2 Å². The van der Waals surface area contributed by atoms with Crippen LogP contribution < -0.4 is 0 Å². The molecule has 5 nitrogen and oxygen atoms in total. The van der Waals surface area contributed by atoms with Crippen LogP contribution in [-0.2, 0) is 11.3 Å². The van der Waals surface area contributed by atoms with E-state index in [2.05, 4.69) is 54.8 Å². The second-order valence-corrected chi connectivity index (χ2v) is 10.4. The third-order valence-electron chi connectivity index (χ3n) is 6.04. The van der Waals surface area contributed by atoms with E-state index in [1.165, 1.54) is 16.7 Å². The predicted molar refractivity (Wildman–Crippen MR) is 135 cm³/mol. The van der Waals surface area contributed by atoms with Crippen molar-refractivity contribution in [2.75, 3.05) is 13.1 Å². The van der Waals surface area contributed by atoms with Gasteiger partial charge in [-0.3, -0.25) is 0 Å². The van der Waals surface area contributed by atoms with Crippen molar-refractivity contribution in [1.82, 2.24) is 14.5 Å². The largest absolute Gasteiger partial charge is 0.444 e. The Morgan fingerprint density at radius 3 is 2.58 bits per heavy atom. The van der Waals surface area contributed by atoms with E-state index < -0.39 is 5.60 Å². The zero-order chi connectivity index (χ0) is 23.8. The maximum atomic E-state index is 12.4. The van der Waals surface area contributed by atoms with Crippen LogP contribution in [0, 0.1) is 19.8 Å². The molecule has 0 spiro atoms. The number of ether oxygens (including phenoxy) is 1. The Kier molecular flexibility index (Phi) is 6.53. The van der Waals surface area contributed by atoms with E-state index >= 15 is 0 Å². The highest BCUT2D eigenvalue weighted by Crippen LogP contribution is 2.25. The number of hydrogen-bond acceptors (Lipinski definition) is 3. The van der Waals surface area contributed by atoms with E-state index in [0.29, 0.717) is 19.6 Å². The van der Waals surface area contributed by atoms with Crippen molar-refractivity contribution >= 4 is 34.8 Å². The van der Waals surface area contributed by atoms with E-state index in [4.69, 9.17) is 21.3 Å². The fourth-order valence-electron chi connectivity index (χ4n) is 4.12. The number of rotatable bonds is 4. The molecule has 33 heavy (non-hydrogen) atoms. The molecule has 1 aromatic heterocycles. The van der Waals surface area contributed by atoms with Crippen LogP contribution in [0.3, 0.4) is 0 Å². The molecule has 0 N–H and O–H groups in total. The second kappa shape index (κ2) is 9.22. The first-order valence-electron chi connectivity index (χ1n) is 11.5. The van der Waals surface area contributed by atoms with Crippen molar-refractivity contribution in [3.8, 4) is 0 Å². The van der Waals surface area contributed by atoms with Crippen molar-refractivity contribution < 1.29 is 9.53 Å². The van der Waals surface area contributed by atoms with Crippen molar-refractivity contribution in [3.63, 3.8) is 0 Å². The standard InChI is InChI=1S/C27H32ClN3O2/c1-18-14-23-24(15-19(18)2)31(17-20-6-9-22(28)10-7-20)25(29-23)11-8-21-12-13-30(16-21)26(32)33-27(3,4)5/h6-11,14-15,21H,12-13,16-17H2,1-5H3. The number of carbonyl (C=O) groups is 1. The van der Waals surface area contributed by atoms with Gasteiger partial charge in [0.2, 0.25) is 0 Å². The SMILES string of the molecule is Cc1cc2nc(C=CC3CCN(C(=O)OC(C)(C)C)C3)n(Cc3ccc(Cl)cc3)c2cc1C. The molecule has 0 radical (unpaired) electrons. The molecule has 6 heteroatoms. The fraction of sp³-hybridized carbons (Fsp3) is 0.407. The zero-order valence-corrected chi connectivity index (χ0v) is 20.8. The molecule has 1 saturated heterocycles. The average molecular weight is 466 g/mol. The van der Waals surface area contributed by atoms with Crippen LogP contribution in [0.25, 0.3) is 17.1 Å². The Bertz CT molecular complexity index is 1190. The zero-order valence-electron chi connectivity index (χ0n) is 20.1. The molecule has 2 aromatic carbocycles. The molecule has 0 bridgehead atoms. The molecular formula is C27H32ClN3O2. The van der Waals surface area contributed by atoms with Crippen LogP contribution in [0.1, 0.15) is 49.7 Å². The highest BCUT2D eigenvalue weighted by atomic mass is 35.5. The summed E-state index contributed by atoms with van der Waals surface area (Å²) in [7, 11) is 0. The summed E-state index contributed by atoms with van der Waals surface area (Å²) in [5.74, 6) is 1.20. The first kappa shape index (κ1) is 23.4. The maximum Gasteiger partial charge on any atom is 0.410 e. The molecule has 1 fully saturated rings. The van der Waals surface area contributed by atoms with Crippen molar-refractivity contribution in [2.24, 2.45) is 5.92 Å². The van der Waals surface area contributed by atoms with Gasteiger partial charge in [-0.25, -0.2) is 9.78 Å². The topological polar surface area (TPSA) is 47.4 Å². The number of imidazole rings is 1. The van der Waals surface area contributed by atoms with E-state index in [-0.39, 0.29) is 12.0 Å². The highest BCUT2D eigenvalue weighted by molar-refractivity contribution is 6.30. The first-order valence-corrected chi connectivity index (χ1v) is 11.8. The molecule has 1 unspecified atom stereocenters. The number of halogens is 1. The Balaban J connectivity index is 1.58. The summed E-state index contributed by atoms with van der Waals surface area (Å²) >= 11 is 6.08. The summed E-state index contributed by atoms with van der Waals surface area (Å²) in [6.45, 7) is 12.0. The third-order valence-corrected chi connectivity index (χ3v) is 6.29. The molecular weight excluding hydrogens is 434 g/mol. The third kappa shape index (κ3) is 5.59. The number of aryl methyl sites for hydroxylation is 2. The summed E-state index contributed by atoms with van der Waals surface area (Å²) in [6.07, 6.45) is 4.97. The number of benzene rings is 2. The molecule has 1 atom stereocenters. The number of fused-ring (bicyclic) bond motifs is 1. The van der Waals surface area contributed by atoms with Gasteiger partial charge in [-0.15, -0.1) is 0 Å². The summed E-state index contributed by atoms with van der Waals surface area (Å²) in [5.41, 5.74) is 5.29. The van der Waals surface area contributed by atoms with Gasteiger partial charge in [-0.1, -0.05) is 29.8 Å². The second-order valence-electron chi connectivity index (χ2n) is 9.94. The van der Waals surface area contributed by atoms with Crippen LogP contribution in [-0.4, -0.2) is 39.2 Å². The quantitative estimate of drug-likeness (QED) is 0.434. The Morgan fingerprint density at radius 2 is 1.88 bits per heavy atom. The van der Waals surface area contributed by atoms with Gasteiger partial charge in [0.15, 0.2) is 0 Å². The average Bonchev–Trinajstić information content (AvgIpc) is 3.33. The van der Waals surface area contributed by atoms with Crippen LogP contribution >= 0.6 is 11.6 Å². The van der Waals surface area contributed by atoms with Gasteiger partial charge in [0.25, 0.3) is 0 Å². The summed E-state index contributed by atoms with van der Waals surface area (Å²) < 4.78 is 7.78. The number of aromatic nitrogens is 2. The molecule has 0 saturated carbocycles. The molecule has 1 amide bonds. The molecule has 1 aliphatic rings. The van der Waals surface area contributed by atoms with Crippen LogP contribution in [0.15, 0.2) is 42.5 Å². The number of amides is 1. The lowest BCUT2D eigenvalue weighted by Gasteiger charge is -2.24. The van der Waals surface area contributed by atoms with E-state index in [1.54, 1.807) is 4.90 Å². The molecule has 1 aliphatic heterocycles. The van der Waals surface area contributed by atoms with Gasteiger partial charge in [-0.2, -0.15) is 0 Å². The summed E-state index contributed by atoms with van der Waals surface area (Å²) in [4.78, 5) is 19.1. The molecule has 4 rings (SSSR count). The van der Waals surface area contributed by atoms with Gasteiger partial charge in [0.05, 0.1) is 11.0 Å². The van der Waals surface area contributed by atoms with Crippen LogP contribution in [0.4, 0.5) is 4.79 Å². The Hall–Kier alpha value is -2.79. The Morgan fingerprint density at radius 1 is 1.18 bits per heavy atom. The monoisotopic (exact) mass is 465 g/mol. The maximum absolute atomic E-state index is 12.4. The normalized spacial score (nSPS) is 16.8. The number of hydrogen-bond donors (Lipinski definition) is 0. The van der Waals surface area contributed by atoms with E-state index in [9.17, 15) is 4.79 Å². The lowest BCUT2D eigenvalue weighted by atomic mass is 10.1. The fourth-order valence-corrected chi connectivity index (χ4v) is 4.25. The Labute approximate surface area is 201 Å². The van der Waals surface area contributed by atoms with Gasteiger partial charge in [0, 0.05) is 24.7 Å². The summed E-state index contributed by atoms with van der Waals surface area (Å²) in [6, 6.07) is 12.3.